The topological polar surface area (TPSA) is 67.5 Å². The number of rotatable bonds is 3. The number of H-pyrrole nitrogens is 1. The minimum absolute atomic E-state index is 0.00799. The minimum atomic E-state index is -0.126. The maximum Gasteiger partial charge on any atom is 0.271 e. The first-order valence-corrected chi connectivity index (χ1v) is 9.26. The lowest BCUT2D eigenvalue weighted by molar-refractivity contribution is -0.146. The Morgan fingerprint density at radius 2 is 2.08 bits per heavy atom. The molecule has 1 unspecified atom stereocenters. The molecule has 138 valence electrons. The van der Waals surface area contributed by atoms with Crippen molar-refractivity contribution in [1.29, 1.82) is 0 Å². The number of benzene rings is 1. The summed E-state index contributed by atoms with van der Waals surface area (Å²) >= 11 is 0. The summed E-state index contributed by atoms with van der Waals surface area (Å²) in [6.07, 6.45) is 3.87. The van der Waals surface area contributed by atoms with Gasteiger partial charge in [0.25, 0.3) is 5.91 Å². The van der Waals surface area contributed by atoms with Gasteiger partial charge in [-0.3, -0.25) is 9.89 Å². The predicted octanol–water partition coefficient (Wildman–Crippen LogP) is 2.88. The number of hydrogen-bond donors (Lipinski definition) is 1. The van der Waals surface area contributed by atoms with E-state index in [1.807, 2.05) is 41.3 Å². The van der Waals surface area contributed by atoms with Gasteiger partial charge in [-0.15, -0.1) is 0 Å². The molecule has 2 fully saturated rings. The average Bonchev–Trinajstić information content (AvgIpc) is 3.19. The quantitative estimate of drug-likeness (QED) is 0.919. The highest BCUT2D eigenvalue weighted by Crippen LogP contribution is 2.36. The SMILES string of the molecule is COC1CCOC2(CCN(C(=O)c3cc(-c4ccccc4)n[nH]3)CC2)C1. The second kappa shape index (κ2) is 7.21. The number of nitrogens with zero attached hydrogens (tertiary/aromatic N) is 2. The summed E-state index contributed by atoms with van der Waals surface area (Å²) < 4.78 is 11.6. The number of hydrogen-bond acceptors (Lipinski definition) is 4. The number of aromatic amines is 1. The first-order chi connectivity index (χ1) is 12.7. The Kier molecular flexibility index (Phi) is 4.78. The standard InChI is InChI=1S/C20H25N3O3/c1-25-16-7-12-26-20(14-16)8-10-23(11-9-20)19(24)18-13-17(21-22-18)15-5-3-2-4-6-15/h2-6,13,16H,7-12,14H2,1H3,(H,21,22). The molecule has 1 aromatic carbocycles. The van der Waals surface area contributed by atoms with Crippen molar-refractivity contribution in [3.8, 4) is 11.3 Å². The third-order valence-corrected chi connectivity index (χ3v) is 5.62. The Balaban J connectivity index is 1.40. The summed E-state index contributed by atoms with van der Waals surface area (Å²) in [4.78, 5) is 14.7. The fraction of sp³-hybridized carbons (Fsp3) is 0.500. The smallest absolute Gasteiger partial charge is 0.271 e. The molecule has 1 amide bonds. The molecule has 0 saturated carbocycles. The van der Waals surface area contributed by atoms with E-state index in [9.17, 15) is 4.79 Å². The number of nitrogens with one attached hydrogen (secondary N) is 1. The third-order valence-electron chi connectivity index (χ3n) is 5.62. The number of ether oxygens (including phenoxy) is 2. The van der Waals surface area contributed by atoms with Crippen molar-refractivity contribution in [2.24, 2.45) is 0 Å². The minimum Gasteiger partial charge on any atom is -0.381 e. The van der Waals surface area contributed by atoms with Crippen molar-refractivity contribution in [3.05, 3.63) is 42.1 Å². The summed E-state index contributed by atoms with van der Waals surface area (Å²) in [7, 11) is 1.77. The molecule has 0 bridgehead atoms. The fourth-order valence-electron chi connectivity index (χ4n) is 4.01. The second-order valence-electron chi connectivity index (χ2n) is 7.21. The van der Waals surface area contributed by atoms with Crippen LogP contribution in [0.1, 0.15) is 36.2 Å². The molecular formula is C20H25N3O3. The Hall–Kier alpha value is -2.18. The monoisotopic (exact) mass is 355 g/mol. The molecule has 1 atom stereocenters. The van der Waals surface area contributed by atoms with Gasteiger partial charge in [0.05, 0.1) is 17.4 Å². The Morgan fingerprint density at radius 1 is 1.31 bits per heavy atom. The summed E-state index contributed by atoms with van der Waals surface area (Å²) in [5, 5.41) is 7.19. The summed E-state index contributed by atoms with van der Waals surface area (Å²) in [6, 6.07) is 11.7. The number of carbonyl (C=O) groups excluding carboxylic acids is 1. The molecule has 26 heavy (non-hydrogen) atoms. The van der Waals surface area contributed by atoms with Crippen molar-refractivity contribution in [3.63, 3.8) is 0 Å². The van der Waals surface area contributed by atoms with Gasteiger partial charge in [-0.25, -0.2) is 0 Å². The lowest BCUT2D eigenvalue weighted by atomic mass is 9.83. The van der Waals surface area contributed by atoms with Crippen molar-refractivity contribution >= 4 is 5.91 Å². The molecule has 6 nitrogen and oxygen atoms in total. The lowest BCUT2D eigenvalue weighted by Gasteiger charge is -2.45. The van der Waals surface area contributed by atoms with Gasteiger partial charge < -0.3 is 14.4 Å². The number of aromatic nitrogens is 2. The van der Waals surface area contributed by atoms with E-state index in [0.717, 1.165) is 43.5 Å². The first kappa shape index (κ1) is 17.2. The number of likely N-dealkylation sites (tertiary alicyclic amines) is 1. The summed E-state index contributed by atoms with van der Waals surface area (Å²) in [6.45, 7) is 2.15. The molecule has 2 saturated heterocycles. The molecule has 2 aliphatic rings. The zero-order valence-electron chi connectivity index (χ0n) is 15.1. The van der Waals surface area contributed by atoms with Gasteiger partial charge in [-0.2, -0.15) is 5.10 Å². The van der Waals surface area contributed by atoms with Crippen molar-refractivity contribution in [2.45, 2.75) is 37.4 Å². The van der Waals surface area contributed by atoms with E-state index < -0.39 is 0 Å². The van der Waals surface area contributed by atoms with E-state index in [0.29, 0.717) is 18.8 Å². The third kappa shape index (κ3) is 3.39. The van der Waals surface area contributed by atoms with Crippen LogP contribution >= 0.6 is 0 Å². The van der Waals surface area contributed by atoms with Crippen LogP contribution in [0.25, 0.3) is 11.3 Å². The van der Waals surface area contributed by atoms with Gasteiger partial charge in [0, 0.05) is 38.8 Å². The molecule has 2 aliphatic heterocycles. The zero-order chi connectivity index (χ0) is 18.0. The average molecular weight is 355 g/mol. The lowest BCUT2D eigenvalue weighted by Crippen LogP contribution is -2.52. The molecule has 1 spiro atoms. The first-order valence-electron chi connectivity index (χ1n) is 9.26. The molecule has 4 rings (SSSR count). The molecule has 1 aromatic heterocycles. The van der Waals surface area contributed by atoms with E-state index in [2.05, 4.69) is 10.2 Å². The van der Waals surface area contributed by atoms with Gasteiger partial charge >= 0.3 is 0 Å². The molecule has 2 aromatic rings. The van der Waals surface area contributed by atoms with Crippen LogP contribution in [0.3, 0.4) is 0 Å². The predicted molar refractivity (Wildman–Crippen MR) is 97.9 cm³/mol. The van der Waals surface area contributed by atoms with E-state index in [1.54, 1.807) is 7.11 Å². The maximum absolute atomic E-state index is 12.8. The highest BCUT2D eigenvalue weighted by atomic mass is 16.5. The van der Waals surface area contributed by atoms with E-state index >= 15 is 0 Å². The van der Waals surface area contributed by atoms with Crippen molar-refractivity contribution in [1.82, 2.24) is 15.1 Å². The highest BCUT2D eigenvalue weighted by Gasteiger charge is 2.41. The molecular weight excluding hydrogens is 330 g/mol. The Morgan fingerprint density at radius 3 is 2.81 bits per heavy atom. The van der Waals surface area contributed by atoms with Crippen LogP contribution in [0.5, 0.6) is 0 Å². The van der Waals surface area contributed by atoms with E-state index in [-0.39, 0.29) is 17.6 Å². The van der Waals surface area contributed by atoms with Crippen LogP contribution in [0, 0.1) is 0 Å². The van der Waals surface area contributed by atoms with Gasteiger partial charge in [0.2, 0.25) is 0 Å². The number of piperidine rings is 1. The van der Waals surface area contributed by atoms with Crippen molar-refractivity contribution in [2.75, 3.05) is 26.8 Å². The largest absolute Gasteiger partial charge is 0.381 e. The van der Waals surface area contributed by atoms with Crippen molar-refractivity contribution < 1.29 is 14.3 Å². The number of methoxy groups -OCH3 is 1. The van der Waals surface area contributed by atoms with Gasteiger partial charge in [0.15, 0.2) is 0 Å². The second-order valence-corrected chi connectivity index (χ2v) is 7.21. The molecule has 0 radical (unpaired) electrons. The normalized spacial score (nSPS) is 22.5. The molecule has 6 heteroatoms. The van der Waals surface area contributed by atoms with Crippen LogP contribution in [0.15, 0.2) is 36.4 Å². The highest BCUT2D eigenvalue weighted by molar-refractivity contribution is 5.93. The number of carbonyl (C=O) groups is 1. The molecule has 0 aliphatic carbocycles. The Bertz CT molecular complexity index is 751. The summed E-state index contributed by atoms with van der Waals surface area (Å²) in [5.74, 6) is 0.00799. The Labute approximate surface area is 153 Å². The van der Waals surface area contributed by atoms with Crippen LogP contribution in [0.4, 0.5) is 0 Å². The van der Waals surface area contributed by atoms with Crippen LogP contribution in [-0.4, -0.2) is 59.5 Å². The fourth-order valence-corrected chi connectivity index (χ4v) is 4.01. The van der Waals surface area contributed by atoms with E-state index in [4.69, 9.17) is 9.47 Å². The molecule has 1 N–H and O–H groups in total. The van der Waals surface area contributed by atoms with Gasteiger partial charge in [0.1, 0.15) is 5.69 Å². The van der Waals surface area contributed by atoms with Crippen LogP contribution in [0.2, 0.25) is 0 Å². The van der Waals surface area contributed by atoms with Crippen LogP contribution < -0.4 is 0 Å². The van der Waals surface area contributed by atoms with Gasteiger partial charge in [-0.1, -0.05) is 30.3 Å². The van der Waals surface area contributed by atoms with E-state index in [1.165, 1.54) is 0 Å². The number of amides is 1. The summed E-state index contributed by atoms with van der Waals surface area (Å²) in [5.41, 5.74) is 2.21. The van der Waals surface area contributed by atoms with Crippen LogP contribution in [-0.2, 0) is 9.47 Å². The maximum atomic E-state index is 12.8. The molecule has 3 heterocycles. The van der Waals surface area contributed by atoms with Gasteiger partial charge in [-0.05, 0) is 25.3 Å². The zero-order valence-corrected chi connectivity index (χ0v) is 15.1.